The van der Waals surface area contributed by atoms with Crippen molar-refractivity contribution >= 4 is 12.1 Å². The molecule has 0 bridgehead atoms. The SMILES string of the molecule is C=C(C=O)CCC(=O)C(=C)C. The maximum Gasteiger partial charge on any atom is 0.158 e. The van der Waals surface area contributed by atoms with E-state index >= 15 is 0 Å². The zero-order valence-corrected chi connectivity index (χ0v) is 6.72. The number of hydrogen-bond acceptors (Lipinski definition) is 2. The van der Waals surface area contributed by atoms with E-state index in [9.17, 15) is 9.59 Å². The van der Waals surface area contributed by atoms with Crippen LogP contribution in [0.2, 0.25) is 0 Å². The van der Waals surface area contributed by atoms with Gasteiger partial charge in [-0.05, 0) is 24.5 Å². The Morgan fingerprint density at radius 2 is 1.91 bits per heavy atom. The van der Waals surface area contributed by atoms with Crippen LogP contribution in [0.1, 0.15) is 19.8 Å². The van der Waals surface area contributed by atoms with Crippen molar-refractivity contribution in [2.75, 3.05) is 0 Å². The van der Waals surface area contributed by atoms with Crippen LogP contribution in [0.15, 0.2) is 24.3 Å². The lowest BCUT2D eigenvalue weighted by Crippen LogP contribution is -1.98. The molecule has 0 atom stereocenters. The largest absolute Gasteiger partial charge is 0.298 e. The summed E-state index contributed by atoms with van der Waals surface area (Å²) in [7, 11) is 0. The van der Waals surface area contributed by atoms with Crippen LogP contribution in [0.3, 0.4) is 0 Å². The second kappa shape index (κ2) is 4.61. The molecular formula is C9H12O2. The molecule has 0 spiro atoms. The Balaban J connectivity index is 3.71. The van der Waals surface area contributed by atoms with Gasteiger partial charge < -0.3 is 0 Å². The number of carbonyl (C=O) groups is 2. The molecule has 0 saturated heterocycles. The third-order valence-electron chi connectivity index (χ3n) is 1.32. The molecule has 2 nitrogen and oxygen atoms in total. The number of carbonyl (C=O) groups excluding carboxylic acids is 2. The van der Waals surface area contributed by atoms with E-state index in [1.165, 1.54) is 0 Å². The zero-order chi connectivity index (χ0) is 8.85. The van der Waals surface area contributed by atoms with Gasteiger partial charge in [0.2, 0.25) is 0 Å². The van der Waals surface area contributed by atoms with E-state index in [2.05, 4.69) is 13.2 Å². The smallest absolute Gasteiger partial charge is 0.158 e. The Morgan fingerprint density at radius 1 is 1.36 bits per heavy atom. The summed E-state index contributed by atoms with van der Waals surface area (Å²) in [6.07, 6.45) is 1.45. The van der Waals surface area contributed by atoms with E-state index in [0.29, 0.717) is 30.3 Å². The topological polar surface area (TPSA) is 34.1 Å². The monoisotopic (exact) mass is 152 g/mol. The number of aldehydes is 1. The summed E-state index contributed by atoms with van der Waals surface area (Å²) in [6.45, 7) is 8.60. The summed E-state index contributed by atoms with van der Waals surface area (Å²) in [5.41, 5.74) is 0.989. The summed E-state index contributed by atoms with van der Waals surface area (Å²) in [4.78, 5) is 21.0. The van der Waals surface area contributed by atoms with Crippen LogP contribution in [0, 0.1) is 0 Å². The van der Waals surface area contributed by atoms with Gasteiger partial charge >= 0.3 is 0 Å². The van der Waals surface area contributed by atoms with E-state index in [4.69, 9.17) is 0 Å². The second-order valence-electron chi connectivity index (χ2n) is 2.48. The number of ketones is 1. The third kappa shape index (κ3) is 4.25. The van der Waals surface area contributed by atoms with Crippen LogP contribution in [0.5, 0.6) is 0 Å². The average Bonchev–Trinajstić information content (AvgIpc) is 1.99. The quantitative estimate of drug-likeness (QED) is 0.443. The molecule has 0 aromatic rings. The Labute approximate surface area is 66.6 Å². The van der Waals surface area contributed by atoms with Gasteiger partial charge in [-0.3, -0.25) is 9.59 Å². The van der Waals surface area contributed by atoms with Crippen molar-refractivity contribution in [3.8, 4) is 0 Å². The highest BCUT2D eigenvalue weighted by Crippen LogP contribution is 2.03. The Kier molecular flexibility index (Phi) is 4.11. The Morgan fingerprint density at radius 3 is 2.27 bits per heavy atom. The van der Waals surface area contributed by atoms with Crippen LogP contribution in [0.4, 0.5) is 0 Å². The second-order valence-corrected chi connectivity index (χ2v) is 2.48. The van der Waals surface area contributed by atoms with Gasteiger partial charge in [-0.25, -0.2) is 0 Å². The average molecular weight is 152 g/mol. The van der Waals surface area contributed by atoms with Gasteiger partial charge in [0.15, 0.2) is 5.78 Å². The molecule has 0 rings (SSSR count). The first-order chi connectivity index (χ1) is 5.07. The molecule has 0 aliphatic rings. The lowest BCUT2D eigenvalue weighted by molar-refractivity contribution is -0.115. The summed E-state index contributed by atoms with van der Waals surface area (Å²) < 4.78 is 0. The zero-order valence-electron chi connectivity index (χ0n) is 6.72. The summed E-state index contributed by atoms with van der Waals surface area (Å²) in [6, 6.07) is 0. The lowest BCUT2D eigenvalue weighted by atomic mass is 10.1. The van der Waals surface area contributed by atoms with E-state index in [-0.39, 0.29) is 5.78 Å². The summed E-state index contributed by atoms with van der Waals surface area (Å²) in [5, 5.41) is 0. The highest BCUT2D eigenvalue weighted by molar-refractivity contribution is 5.94. The Hall–Kier alpha value is -1.18. The number of Topliss-reactive ketones (excluding diaryl/α,β-unsaturated/α-hetero) is 1. The number of rotatable bonds is 5. The maximum atomic E-state index is 10.9. The van der Waals surface area contributed by atoms with Crippen LogP contribution < -0.4 is 0 Å². The van der Waals surface area contributed by atoms with Gasteiger partial charge in [-0.2, -0.15) is 0 Å². The fraction of sp³-hybridized carbons (Fsp3) is 0.333. The van der Waals surface area contributed by atoms with Crippen molar-refractivity contribution in [2.45, 2.75) is 19.8 Å². The van der Waals surface area contributed by atoms with Crippen LogP contribution in [-0.4, -0.2) is 12.1 Å². The number of hydrogen-bond donors (Lipinski definition) is 0. The lowest BCUT2D eigenvalue weighted by Gasteiger charge is -1.96. The van der Waals surface area contributed by atoms with E-state index < -0.39 is 0 Å². The first kappa shape index (κ1) is 9.82. The summed E-state index contributed by atoms with van der Waals surface area (Å²) in [5.74, 6) is -0.00648. The highest BCUT2D eigenvalue weighted by atomic mass is 16.1. The first-order valence-electron chi connectivity index (χ1n) is 3.39. The molecule has 0 heterocycles. The minimum Gasteiger partial charge on any atom is -0.298 e. The number of allylic oxidation sites excluding steroid dienone is 2. The van der Waals surface area contributed by atoms with Crippen molar-refractivity contribution in [3.05, 3.63) is 24.3 Å². The fourth-order valence-electron chi connectivity index (χ4n) is 0.546. The van der Waals surface area contributed by atoms with Gasteiger partial charge in [0.25, 0.3) is 0 Å². The fourth-order valence-corrected chi connectivity index (χ4v) is 0.546. The van der Waals surface area contributed by atoms with Gasteiger partial charge in [0, 0.05) is 6.42 Å². The van der Waals surface area contributed by atoms with Gasteiger partial charge in [0.05, 0.1) is 0 Å². The highest BCUT2D eigenvalue weighted by Gasteiger charge is 2.02. The Bertz CT molecular complexity index is 202. The molecule has 0 aromatic carbocycles. The summed E-state index contributed by atoms with van der Waals surface area (Å²) >= 11 is 0. The van der Waals surface area contributed by atoms with Crippen LogP contribution in [-0.2, 0) is 9.59 Å². The van der Waals surface area contributed by atoms with Crippen molar-refractivity contribution in [1.29, 1.82) is 0 Å². The molecule has 0 unspecified atom stereocenters. The van der Waals surface area contributed by atoms with Crippen molar-refractivity contribution in [3.63, 3.8) is 0 Å². The molecular weight excluding hydrogens is 140 g/mol. The van der Waals surface area contributed by atoms with Gasteiger partial charge in [-0.15, -0.1) is 0 Å². The molecule has 0 radical (unpaired) electrons. The van der Waals surface area contributed by atoms with Crippen LogP contribution in [0.25, 0.3) is 0 Å². The minimum atomic E-state index is -0.00648. The molecule has 0 aromatic heterocycles. The molecule has 0 saturated carbocycles. The van der Waals surface area contributed by atoms with E-state index in [0.717, 1.165) is 0 Å². The molecule has 60 valence electrons. The normalized spacial score (nSPS) is 8.82. The van der Waals surface area contributed by atoms with Crippen molar-refractivity contribution in [1.82, 2.24) is 0 Å². The molecule has 11 heavy (non-hydrogen) atoms. The molecule has 0 aliphatic carbocycles. The molecule has 2 heteroatoms. The van der Waals surface area contributed by atoms with Crippen molar-refractivity contribution in [2.24, 2.45) is 0 Å². The molecule has 0 N–H and O–H groups in total. The van der Waals surface area contributed by atoms with Gasteiger partial charge in [-0.1, -0.05) is 13.2 Å². The van der Waals surface area contributed by atoms with Crippen LogP contribution >= 0.6 is 0 Å². The van der Waals surface area contributed by atoms with Crippen molar-refractivity contribution < 1.29 is 9.59 Å². The maximum absolute atomic E-state index is 10.9. The molecule has 0 aliphatic heterocycles. The first-order valence-corrected chi connectivity index (χ1v) is 3.39. The third-order valence-corrected chi connectivity index (χ3v) is 1.32. The predicted molar refractivity (Wildman–Crippen MR) is 44.3 cm³/mol. The molecule has 0 fully saturated rings. The van der Waals surface area contributed by atoms with E-state index in [1.807, 2.05) is 0 Å². The minimum absolute atomic E-state index is 0.00648. The predicted octanol–water partition coefficient (Wildman–Crippen LogP) is 1.67. The standard InChI is InChI=1S/C9H12O2/c1-7(2)9(11)5-4-8(3)6-10/h6H,1,3-5H2,2H3. The van der Waals surface area contributed by atoms with E-state index in [1.54, 1.807) is 6.92 Å². The van der Waals surface area contributed by atoms with Gasteiger partial charge in [0.1, 0.15) is 6.29 Å². The molecule has 0 amide bonds.